The van der Waals surface area contributed by atoms with Crippen molar-refractivity contribution < 1.29 is 4.79 Å². The van der Waals surface area contributed by atoms with Gasteiger partial charge in [0, 0.05) is 19.8 Å². The van der Waals surface area contributed by atoms with Crippen LogP contribution >= 0.6 is 12.4 Å². The molecule has 2 amide bonds. The average molecular weight is 285 g/mol. The molecule has 0 unspecified atom stereocenters. The summed E-state index contributed by atoms with van der Waals surface area (Å²) in [7, 11) is 3.31. The predicted octanol–water partition coefficient (Wildman–Crippen LogP) is 2.31. The van der Waals surface area contributed by atoms with Crippen LogP contribution in [0.1, 0.15) is 18.1 Å². The number of guanidine groups is 1. The number of hydrogen-bond acceptors (Lipinski definition) is 2. The first-order chi connectivity index (χ1) is 8.62. The number of carbonyl (C=O) groups is 1. The van der Waals surface area contributed by atoms with Crippen molar-refractivity contribution in [1.29, 1.82) is 0 Å². The molecule has 0 aliphatic carbocycles. The Hall–Kier alpha value is -1.75. The summed E-state index contributed by atoms with van der Waals surface area (Å²) >= 11 is 0. The van der Waals surface area contributed by atoms with Crippen molar-refractivity contribution in [3.05, 3.63) is 29.3 Å². The minimum Gasteiger partial charge on any atom is -0.359 e. The van der Waals surface area contributed by atoms with Crippen molar-refractivity contribution in [2.75, 3.05) is 19.4 Å². The van der Waals surface area contributed by atoms with Crippen molar-refractivity contribution >= 4 is 30.1 Å². The molecular weight excluding hydrogens is 264 g/mol. The first kappa shape index (κ1) is 17.2. The van der Waals surface area contributed by atoms with E-state index in [-0.39, 0.29) is 18.4 Å². The van der Waals surface area contributed by atoms with Crippen LogP contribution in [-0.4, -0.2) is 26.1 Å². The maximum atomic E-state index is 11.8. The summed E-state index contributed by atoms with van der Waals surface area (Å²) in [6, 6.07) is 5.68. The number of aryl methyl sites for hydroxylation is 2. The number of aliphatic imine (C=N–C) groups is 1. The van der Waals surface area contributed by atoms with E-state index < -0.39 is 0 Å². The van der Waals surface area contributed by atoms with E-state index in [1.807, 2.05) is 25.1 Å². The molecule has 0 saturated heterocycles. The van der Waals surface area contributed by atoms with E-state index in [1.54, 1.807) is 14.1 Å². The molecule has 6 heteroatoms. The van der Waals surface area contributed by atoms with Crippen LogP contribution in [-0.2, 0) is 6.42 Å². The molecule has 0 aromatic heterocycles. The number of carbonyl (C=O) groups excluding carboxylic acids is 1. The molecule has 0 radical (unpaired) electrons. The lowest BCUT2D eigenvalue weighted by Gasteiger charge is -2.14. The van der Waals surface area contributed by atoms with Gasteiger partial charge in [-0.1, -0.05) is 25.1 Å². The molecule has 0 aliphatic rings. The monoisotopic (exact) mass is 284 g/mol. The van der Waals surface area contributed by atoms with Crippen LogP contribution in [0.3, 0.4) is 0 Å². The molecule has 0 bridgehead atoms. The van der Waals surface area contributed by atoms with Gasteiger partial charge >= 0.3 is 6.03 Å². The molecule has 3 N–H and O–H groups in total. The first-order valence-corrected chi connectivity index (χ1v) is 5.93. The van der Waals surface area contributed by atoms with Gasteiger partial charge in [0.05, 0.1) is 0 Å². The lowest BCUT2D eigenvalue weighted by molar-refractivity contribution is 0.256. The quantitative estimate of drug-likeness (QED) is 0.576. The van der Waals surface area contributed by atoms with E-state index in [0.29, 0.717) is 5.96 Å². The third kappa shape index (κ3) is 4.79. The summed E-state index contributed by atoms with van der Waals surface area (Å²) in [6.07, 6.45) is 0.873. The lowest BCUT2D eigenvalue weighted by Crippen LogP contribution is -2.41. The second-order valence-electron chi connectivity index (χ2n) is 3.86. The molecule has 0 spiro atoms. The third-order valence-corrected chi connectivity index (χ3v) is 2.67. The summed E-state index contributed by atoms with van der Waals surface area (Å²) in [5.74, 6) is 0.430. The molecule has 19 heavy (non-hydrogen) atoms. The van der Waals surface area contributed by atoms with Crippen LogP contribution < -0.4 is 16.0 Å². The molecule has 106 valence electrons. The first-order valence-electron chi connectivity index (χ1n) is 5.93. The van der Waals surface area contributed by atoms with Gasteiger partial charge in [-0.15, -0.1) is 12.4 Å². The van der Waals surface area contributed by atoms with E-state index in [2.05, 4.69) is 27.9 Å². The Labute approximate surface area is 120 Å². The van der Waals surface area contributed by atoms with Crippen LogP contribution in [0.5, 0.6) is 0 Å². The molecule has 0 atom stereocenters. The van der Waals surface area contributed by atoms with Gasteiger partial charge in [-0.2, -0.15) is 0 Å². The second-order valence-corrected chi connectivity index (χ2v) is 3.86. The van der Waals surface area contributed by atoms with Gasteiger partial charge in [0.15, 0.2) is 5.96 Å². The molecule has 0 fully saturated rings. The standard InChI is InChI=1S/C13H20N4O.ClH/c1-5-10-8-6-7-9(2)11(10)16-13(18)17-12(14-3)15-4;/h6-8H,5H2,1-4H3,(H3,14,15,16,17,18);1H. The maximum absolute atomic E-state index is 11.8. The van der Waals surface area contributed by atoms with Gasteiger partial charge in [0.1, 0.15) is 0 Å². The van der Waals surface area contributed by atoms with Crippen LogP contribution in [0.2, 0.25) is 0 Å². The van der Waals surface area contributed by atoms with Crippen molar-refractivity contribution in [3.8, 4) is 0 Å². The highest BCUT2D eigenvalue weighted by Gasteiger charge is 2.09. The zero-order valence-corrected chi connectivity index (χ0v) is 12.5. The number of urea groups is 1. The van der Waals surface area contributed by atoms with Gasteiger partial charge in [0.25, 0.3) is 0 Å². The highest BCUT2D eigenvalue weighted by atomic mass is 35.5. The van der Waals surface area contributed by atoms with Crippen molar-refractivity contribution in [2.45, 2.75) is 20.3 Å². The fourth-order valence-corrected chi connectivity index (χ4v) is 1.68. The fourth-order valence-electron chi connectivity index (χ4n) is 1.68. The topological polar surface area (TPSA) is 65.5 Å². The predicted molar refractivity (Wildman–Crippen MR) is 82.4 cm³/mol. The van der Waals surface area contributed by atoms with Gasteiger partial charge in [0.2, 0.25) is 0 Å². The number of amides is 2. The Morgan fingerprint density at radius 2 is 2.05 bits per heavy atom. The lowest BCUT2D eigenvalue weighted by atomic mass is 10.1. The van der Waals surface area contributed by atoms with Crippen LogP contribution in [0.4, 0.5) is 10.5 Å². The van der Waals surface area contributed by atoms with Crippen molar-refractivity contribution in [1.82, 2.24) is 10.6 Å². The van der Waals surface area contributed by atoms with E-state index in [4.69, 9.17) is 0 Å². The van der Waals surface area contributed by atoms with Gasteiger partial charge < -0.3 is 10.6 Å². The molecular formula is C13H21ClN4O. The van der Waals surface area contributed by atoms with E-state index in [1.165, 1.54) is 0 Å². The molecule has 1 rings (SSSR count). The summed E-state index contributed by atoms with van der Waals surface area (Å²) < 4.78 is 0. The van der Waals surface area contributed by atoms with Crippen molar-refractivity contribution in [2.24, 2.45) is 4.99 Å². The Morgan fingerprint density at radius 1 is 1.37 bits per heavy atom. The Kier molecular flexibility index (Phi) is 7.60. The van der Waals surface area contributed by atoms with E-state index in [0.717, 1.165) is 23.2 Å². The SMILES string of the molecule is CCc1cccc(C)c1NC(=O)NC(=NC)NC.Cl. The molecule has 0 heterocycles. The average Bonchev–Trinajstić information content (AvgIpc) is 2.38. The number of anilines is 1. The molecule has 1 aromatic carbocycles. The van der Waals surface area contributed by atoms with Crippen LogP contribution in [0, 0.1) is 6.92 Å². The molecule has 1 aromatic rings. The van der Waals surface area contributed by atoms with Gasteiger partial charge in [-0.3, -0.25) is 10.3 Å². The smallest absolute Gasteiger partial charge is 0.326 e. The zero-order valence-electron chi connectivity index (χ0n) is 11.7. The molecule has 0 saturated carbocycles. The number of halogens is 1. The van der Waals surface area contributed by atoms with Crippen LogP contribution in [0.15, 0.2) is 23.2 Å². The van der Waals surface area contributed by atoms with Crippen LogP contribution in [0.25, 0.3) is 0 Å². The Bertz CT molecular complexity index is 460. The number of nitrogens with zero attached hydrogens (tertiary/aromatic N) is 1. The summed E-state index contributed by atoms with van der Waals surface area (Å²) in [5, 5.41) is 8.28. The highest BCUT2D eigenvalue weighted by Crippen LogP contribution is 2.20. The largest absolute Gasteiger partial charge is 0.359 e. The summed E-state index contributed by atoms with van der Waals surface area (Å²) in [5.41, 5.74) is 3.03. The number of benzene rings is 1. The zero-order chi connectivity index (χ0) is 13.5. The van der Waals surface area contributed by atoms with E-state index >= 15 is 0 Å². The molecule has 5 nitrogen and oxygen atoms in total. The number of nitrogens with one attached hydrogen (secondary N) is 3. The highest BCUT2D eigenvalue weighted by molar-refractivity contribution is 6.02. The number of para-hydroxylation sites is 1. The van der Waals surface area contributed by atoms with Crippen molar-refractivity contribution in [3.63, 3.8) is 0 Å². The van der Waals surface area contributed by atoms with Gasteiger partial charge in [-0.05, 0) is 24.5 Å². The minimum atomic E-state index is -0.297. The summed E-state index contributed by atoms with van der Waals surface area (Å²) in [4.78, 5) is 15.7. The Morgan fingerprint density at radius 3 is 2.58 bits per heavy atom. The second kappa shape index (κ2) is 8.37. The fraction of sp³-hybridized carbons (Fsp3) is 0.385. The minimum absolute atomic E-state index is 0. The Balaban J connectivity index is 0.00000324. The van der Waals surface area contributed by atoms with Gasteiger partial charge in [-0.25, -0.2) is 4.79 Å². The summed E-state index contributed by atoms with van der Waals surface area (Å²) in [6.45, 7) is 4.03. The molecule has 0 aliphatic heterocycles. The number of rotatable bonds is 2. The normalized spacial score (nSPS) is 10.4. The third-order valence-electron chi connectivity index (χ3n) is 2.67. The number of hydrogen-bond donors (Lipinski definition) is 3. The van der Waals surface area contributed by atoms with E-state index in [9.17, 15) is 4.79 Å². The maximum Gasteiger partial charge on any atom is 0.326 e.